The summed E-state index contributed by atoms with van der Waals surface area (Å²) in [5, 5.41) is 4.86. The lowest BCUT2D eigenvalue weighted by Crippen LogP contribution is -2.17. The summed E-state index contributed by atoms with van der Waals surface area (Å²) in [4.78, 5) is 11.0. The summed E-state index contributed by atoms with van der Waals surface area (Å²) in [6.07, 6.45) is 0. The van der Waals surface area contributed by atoms with E-state index in [9.17, 15) is 4.79 Å². The largest absolute Gasteiger partial charge is 0.497 e. The van der Waals surface area contributed by atoms with E-state index in [0.29, 0.717) is 5.70 Å². The molecule has 0 aliphatic carbocycles. The first kappa shape index (κ1) is 12.2. The Balaban J connectivity index is 2.42. The Morgan fingerprint density at radius 3 is 2.56 bits per heavy atom. The quantitative estimate of drug-likeness (QED) is 0.897. The molecule has 0 aliphatic heterocycles. The van der Waals surface area contributed by atoms with Crippen LogP contribution >= 0.6 is 0 Å². The third-order valence-corrected chi connectivity index (χ3v) is 2.72. The highest BCUT2D eigenvalue weighted by atomic mass is 16.5. The van der Waals surface area contributed by atoms with Crippen LogP contribution in [0.25, 0.3) is 16.5 Å². The van der Waals surface area contributed by atoms with E-state index in [1.165, 1.54) is 6.92 Å². The van der Waals surface area contributed by atoms with Crippen molar-refractivity contribution in [1.82, 2.24) is 5.32 Å². The number of hydrogen-bond donors (Lipinski definition) is 1. The van der Waals surface area contributed by atoms with Gasteiger partial charge in [-0.15, -0.1) is 0 Å². The highest BCUT2D eigenvalue weighted by molar-refractivity contribution is 5.90. The topological polar surface area (TPSA) is 38.3 Å². The van der Waals surface area contributed by atoms with Crippen molar-refractivity contribution in [2.24, 2.45) is 0 Å². The molecule has 0 aromatic heterocycles. The first-order valence-electron chi connectivity index (χ1n) is 5.65. The van der Waals surface area contributed by atoms with Crippen molar-refractivity contribution >= 4 is 22.4 Å². The molecule has 0 bridgehead atoms. The van der Waals surface area contributed by atoms with Crippen LogP contribution in [0.15, 0.2) is 43.0 Å². The average Bonchev–Trinajstić information content (AvgIpc) is 2.36. The van der Waals surface area contributed by atoms with Crippen molar-refractivity contribution in [1.29, 1.82) is 0 Å². The summed E-state index contributed by atoms with van der Waals surface area (Å²) >= 11 is 0. The van der Waals surface area contributed by atoms with Gasteiger partial charge in [-0.2, -0.15) is 0 Å². The Hall–Kier alpha value is -2.29. The van der Waals surface area contributed by atoms with E-state index in [-0.39, 0.29) is 5.91 Å². The predicted molar refractivity (Wildman–Crippen MR) is 73.4 cm³/mol. The number of methoxy groups -OCH3 is 1. The van der Waals surface area contributed by atoms with Crippen LogP contribution in [0.1, 0.15) is 12.5 Å². The Morgan fingerprint density at radius 1 is 1.17 bits per heavy atom. The third-order valence-electron chi connectivity index (χ3n) is 2.72. The van der Waals surface area contributed by atoms with Crippen LogP contribution in [0.2, 0.25) is 0 Å². The van der Waals surface area contributed by atoms with Crippen LogP contribution in [0.4, 0.5) is 0 Å². The van der Waals surface area contributed by atoms with Crippen LogP contribution < -0.4 is 10.1 Å². The molecule has 0 saturated carbocycles. The van der Waals surface area contributed by atoms with Gasteiger partial charge >= 0.3 is 0 Å². The van der Waals surface area contributed by atoms with E-state index in [2.05, 4.69) is 11.9 Å². The predicted octanol–water partition coefficient (Wildman–Crippen LogP) is 2.96. The molecule has 0 radical (unpaired) electrons. The molecule has 3 nitrogen and oxygen atoms in total. The van der Waals surface area contributed by atoms with Crippen molar-refractivity contribution in [2.45, 2.75) is 6.92 Å². The molecule has 3 heteroatoms. The first-order chi connectivity index (χ1) is 8.60. The molecule has 18 heavy (non-hydrogen) atoms. The van der Waals surface area contributed by atoms with Crippen LogP contribution in [-0.4, -0.2) is 13.0 Å². The smallest absolute Gasteiger partial charge is 0.221 e. The van der Waals surface area contributed by atoms with Crippen molar-refractivity contribution in [2.75, 3.05) is 7.11 Å². The summed E-state index contributed by atoms with van der Waals surface area (Å²) in [6, 6.07) is 11.8. The van der Waals surface area contributed by atoms with Gasteiger partial charge in [0.2, 0.25) is 5.91 Å². The zero-order valence-corrected chi connectivity index (χ0v) is 10.5. The number of hydrogen-bond acceptors (Lipinski definition) is 2. The van der Waals surface area contributed by atoms with E-state index in [1.54, 1.807) is 7.11 Å². The minimum atomic E-state index is -0.120. The zero-order valence-electron chi connectivity index (χ0n) is 10.5. The summed E-state index contributed by atoms with van der Waals surface area (Å²) in [5.74, 6) is 0.690. The molecule has 0 saturated heterocycles. The normalized spacial score (nSPS) is 10.1. The Bertz CT molecular complexity index is 617. The monoisotopic (exact) mass is 241 g/mol. The second-order valence-electron chi connectivity index (χ2n) is 4.09. The van der Waals surface area contributed by atoms with Crippen molar-refractivity contribution in [3.8, 4) is 5.75 Å². The van der Waals surface area contributed by atoms with Gasteiger partial charge in [-0.1, -0.05) is 24.8 Å². The summed E-state index contributed by atoms with van der Waals surface area (Å²) in [5.41, 5.74) is 1.50. The number of benzene rings is 2. The lowest BCUT2D eigenvalue weighted by molar-refractivity contribution is -0.117. The fourth-order valence-corrected chi connectivity index (χ4v) is 1.82. The molecule has 2 rings (SSSR count). The van der Waals surface area contributed by atoms with Gasteiger partial charge in [0.1, 0.15) is 5.75 Å². The van der Waals surface area contributed by atoms with Gasteiger partial charge in [-0.25, -0.2) is 0 Å². The van der Waals surface area contributed by atoms with E-state index < -0.39 is 0 Å². The lowest BCUT2D eigenvalue weighted by Gasteiger charge is -2.08. The molecule has 92 valence electrons. The maximum atomic E-state index is 11.0. The SMILES string of the molecule is C=C(NC(C)=O)c1ccc2ccc(OC)cc2c1. The zero-order chi connectivity index (χ0) is 13.1. The maximum absolute atomic E-state index is 11.0. The minimum Gasteiger partial charge on any atom is -0.497 e. The van der Waals surface area contributed by atoms with Crippen LogP contribution in [-0.2, 0) is 4.79 Å². The van der Waals surface area contributed by atoms with Crippen LogP contribution in [0, 0.1) is 0 Å². The fraction of sp³-hybridized carbons (Fsp3) is 0.133. The minimum absolute atomic E-state index is 0.120. The van der Waals surface area contributed by atoms with Gasteiger partial charge in [0, 0.05) is 12.6 Å². The number of rotatable bonds is 3. The number of nitrogens with one attached hydrogen (secondary N) is 1. The molecule has 0 fully saturated rings. The molecule has 0 aliphatic rings. The molecular weight excluding hydrogens is 226 g/mol. The Labute approximate surface area is 106 Å². The highest BCUT2D eigenvalue weighted by Crippen LogP contribution is 2.23. The molecule has 1 amide bonds. The molecule has 1 N–H and O–H groups in total. The molecular formula is C15H15NO2. The summed E-state index contributed by atoms with van der Waals surface area (Å²) in [7, 11) is 1.64. The molecule has 0 unspecified atom stereocenters. The van der Waals surface area contributed by atoms with Gasteiger partial charge < -0.3 is 10.1 Å². The van der Waals surface area contributed by atoms with Gasteiger partial charge in [-0.05, 0) is 34.5 Å². The number of amides is 1. The lowest BCUT2D eigenvalue weighted by atomic mass is 10.1. The Morgan fingerprint density at radius 2 is 1.89 bits per heavy atom. The van der Waals surface area contributed by atoms with Gasteiger partial charge in [0.05, 0.1) is 7.11 Å². The molecule has 0 atom stereocenters. The van der Waals surface area contributed by atoms with Crippen molar-refractivity contribution in [3.63, 3.8) is 0 Å². The summed E-state index contributed by atoms with van der Waals surface area (Å²) in [6.45, 7) is 5.32. The maximum Gasteiger partial charge on any atom is 0.221 e. The van der Waals surface area contributed by atoms with Gasteiger partial charge in [0.15, 0.2) is 0 Å². The number of carbonyl (C=O) groups excluding carboxylic acids is 1. The standard InChI is InChI=1S/C15H15NO2/c1-10(16-11(2)17)13-5-4-12-6-7-15(18-3)9-14(12)8-13/h4-9H,1H2,2-3H3,(H,16,17). The van der Waals surface area contributed by atoms with Gasteiger partial charge in [-0.3, -0.25) is 4.79 Å². The van der Waals surface area contributed by atoms with Crippen molar-refractivity contribution < 1.29 is 9.53 Å². The van der Waals surface area contributed by atoms with Crippen LogP contribution in [0.5, 0.6) is 5.75 Å². The molecule has 2 aromatic rings. The second-order valence-corrected chi connectivity index (χ2v) is 4.09. The summed E-state index contributed by atoms with van der Waals surface area (Å²) < 4.78 is 5.20. The number of ether oxygens (including phenoxy) is 1. The fourth-order valence-electron chi connectivity index (χ4n) is 1.82. The highest BCUT2D eigenvalue weighted by Gasteiger charge is 2.03. The molecule has 0 heterocycles. The van der Waals surface area contributed by atoms with E-state index in [1.807, 2.05) is 36.4 Å². The second kappa shape index (κ2) is 4.92. The van der Waals surface area contributed by atoms with E-state index >= 15 is 0 Å². The number of carbonyl (C=O) groups is 1. The van der Waals surface area contributed by atoms with Crippen LogP contribution in [0.3, 0.4) is 0 Å². The third kappa shape index (κ3) is 2.51. The van der Waals surface area contributed by atoms with Crippen molar-refractivity contribution in [3.05, 3.63) is 48.5 Å². The van der Waals surface area contributed by atoms with Gasteiger partial charge in [0.25, 0.3) is 0 Å². The first-order valence-corrected chi connectivity index (χ1v) is 5.65. The van der Waals surface area contributed by atoms with E-state index in [0.717, 1.165) is 22.1 Å². The van der Waals surface area contributed by atoms with E-state index in [4.69, 9.17) is 4.74 Å². The average molecular weight is 241 g/mol. The number of fused-ring (bicyclic) bond motifs is 1. The molecule has 0 spiro atoms. The Kier molecular flexibility index (Phi) is 3.33. The molecule has 2 aromatic carbocycles.